The molecule has 9 heteroatoms. The van der Waals surface area contributed by atoms with E-state index in [1.165, 1.54) is 11.9 Å². The number of hydrogen-bond donors (Lipinski definition) is 3. The minimum atomic E-state index is -1.01. The molecule has 1 amide bonds. The predicted octanol–water partition coefficient (Wildman–Crippen LogP) is 6.23. The Bertz CT molecular complexity index is 1350. The third-order valence-electron chi connectivity index (χ3n) is 6.26. The number of aliphatic hydroxyl groups is 1. The van der Waals surface area contributed by atoms with E-state index in [1.807, 2.05) is 61.6 Å². The van der Waals surface area contributed by atoms with E-state index in [1.54, 1.807) is 22.3 Å². The third-order valence-corrected chi connectivity index (χ3v) is 8.51. The summed E-state index contributed by atoms with van der Waals surface area (Å²) in [5, 5.41) is 15.7. The summed E-state index contributed by atoms with van der Waals surface area (Å²) in [5.74, 6) is -0.0303. The highest BCUT2D eigenvalue weighted by atomic mass is 35.5. The van der Waals surface area contributed by atoms with Crippen molar-refractivity contribution in [2.75, 3.05) is 30.2 Å². The number of rotatable bonds is 6. The lowest BCUT2D eigenvalue weighted by Gasteiger charge is -2.39. The van der Waals surface area contributed by atoms with Crippen LogP contribution >= 0.6 is 34.9 Å². The zero-order valence-corrected chi connectivity index (χ0v) is 21.5. The molecule has 2 heterocycles. The van der Waals surface area contributed by atoms with Crippen LogP contribution in [-0.4, -0.2) is 41.0 Å². The second kappa shape index (κ2) is 10.1. The molecule has 35 heavy (non-hydrogen) atoms. The number of nitrogens with zero attached hydrogens (tertiary/aromatic N) is 2. The maximum absolute atomic E-state index is 13.1. The van der Waals surface area contributed by atoms with Gasteiger partial charge in [-0.1, -0.05) is 47.2 Å². The van der Waals surface area contributed by atoms with E-state index in [0.717, 1.165) is 31.5 Å². The molecule has 0 atom stereocenters. The fraction of sp³-hybridized carbons (Fsp3) is 0.231. The smallest absolute Gasteiger partial charge is 0.253 e. The number of piperidine rings is 1. The lowest BCUT2D eigenvalue weighted by Crippen LogP contribution is -2.45. The third kappa shape index (κ3) is 4.97. The summed E-state index contributed by atoms with van der Waals surface area (Å²) < 4.78 is 4.48. The van der Waals surface area contributed by atoms with Crippen LogP contribution in [0.1, 0.15) is 28.8 Å². The van der Waals surface area contributed by atoms with Crippen molar-refractivity contribution in [2.24, 2.45) is 0 Å². The maximum atomic E-state index is 13.1. The summed E-state index contributed by atoms with van der Waals surface area (Å²) in [6.45, 7) is 0.950. The highest BCUT2D eigenvalue weighted by molar-refractivity contribution is 8.00. The first-order chi connectivity index (χ1) is 17.0. The van der Waals surface area contributed by atoms with Gasteiger partial charge in [0.05, 0.1) is 20.7 Å². The molecule has 0 unspecified atom stereocenters. The summed E-state index contributed by atoms with van der Waals surface area (Å²) in [6.07, 6.45) is 0.909. The van der Waals surface area contributed by atoms with Crippen molar-refractivity contribution in [3.8, 4) is 0 Å². The Kier molecular flexibility index (Phi) is 6.88. The van der Waals surface area contributed by atoms with Crippen LogP contribution in [0.25, 0.3) is 10.2 Å². The minimum Gasteiger partial charge on any atom is -0.385 e. The van der Waals surface area contributed by atoms with E-state index >= 15 is 0 Å². The van der Waals surface area contributed by atoms with Gasteiger partial charge in [-0.05, 0) is 67.3 Å². The molecular weight excluding hydrogens is 500 g/mol. The number of nitrogens with one attached hydrogen (secondary N) is 2. The van der Waals surface area contributed by atoms with Crippen molar-refractivity contribution in [1.82, 2.24) is 9.88 Å². The van der Waals surface area contributed by atoms with E-state index in [9.17, 15) is 9.90 Å². The van der Waals surface area contributed by atoms with E-state index in [0.29, 0.717) is 36.5 Å². The largest absolute Gasteiger partial charge is 0.385 e. The van der Waals surface area contributed by atoms with Crippen LogP contribution in [0, 0.1) is 0 Å². The molecule has 0 bridgehead atoms. The zero-order valence-electron chi connectivity index (χ0n) is 19.1. The van der Waals surface area contributed by atoms with Crippen molar-refractivity contribution < 1.29 is 9.90 Å². The molecule has 0 saturated carbocycles. The molecule has 1 aliphatic heterocycles. The molecule has 1 aliphatic rings. The second-order valence-electron chi connectivity index (χ2n) is 8.46. The summed E-state index contributed by atoms with van der Waals surface area (Å²) in [6, 6.07) is 21.0. The number of amides is 1. The Morgan fingerprint density at radius 3 is 2.54 bits per heavy atom. The number of halogens is 1. The fourth-order valence-corrected chi connectivity index (χ4v) is 6.26. The van der Waals surface area contributed by atoms with E-state index < -0.39 is 5.60 Å². The quantitative estimate of drug-likeness (QED) is 0.259. The number of fused-ring (bicyclic) bond motifs is 1. The Hall–Kier alpha value is -2.78. The number of likely N-dealkylation sites (tertiary alicyclic amines) is 1. The number of anilines is 2. The van der Waals surface area contributed by atoms with Crippen LogP contribution in [0.3, 0.4) is 0 Å². The standard InChI is InChI=1S/C26H25ClN4O2S2/c1-28-25-29-23-21(34-25)7-4-8-22(23)35-30-18-11-9-17(10-12-18)24(32)31-15-13-26(33,14-16-31)19-5-2-3-6-20(19)27/h2-12,30,33H,13-16H2,1H3,(H,28,29). The number of para-hydroxylation sites is 1. The maximum Gasteiger partial charge on any atom is 0.253 e. The first-order valence-electron chi connectivity index (χ1n) is 11.3. The minimum absolute atomic E-state index is 0.0303. The van der Waals surface area contributed by atoms with Gasteiger partial charge >= 0.3 is 0 Å². The summed E-state index contributed by atoms with van der Waals surface area (Å²) >= 11 is 9.43. The summed E-state index contributed by atoms with van der Waals surface area (Å²) in [4.78, 5) is 20.5. The molecular formula is C26H25ClN4O2S2. The second-order valence-corrected chi connectivity index (χ2v) is 10.7. The Morgan fingerprint density at radius 1 is 1.09 bits per heavy atom. The molecule has 1 aromatic heterocycles. The highest BCUT2D eigenvalue weighted by Gasteiger charge is 2.36. The Balaban J connectivity index is 1.21. The van der Waals surface area contributed by atoms with Gasteiger partial charge in [0.25, 0.3) is 5.91 Å². The molecule has 0 radical (unpaired) electrons. The van der Waals surface area contributed by atoms with Crippen molar-refractivity contribution >= 4 is 61.8 Å². The molecule has 4 aromatic rings. The number of carbonyl (C=O) groups excluding carboxylic acids is 1. The fourth-order valence-electron chi connectivity index (χ4n) is 4.28. The van der Waals surface area contributed by atoms with Crippen molar-refractivity contribution in [3.63, 3.8) is 0 Å². The van der Waals surface area contributed by atoms with Gasteiger partial charge < -0.3 is 20.0 Å². The van der Waals surface area contributed by atoms with Crippen molar-refractivity contribution in [2.45, 2.75) is 23.3 Å². The van der Waals surface area contributed by atoms with Crippen LogP contribution in [0.4, 0.5) is 10.8 Å². The molecule has 3 N–H and O–H groups in total. The molecule has 3 aromatic carbocycles. The molecule has 0 aliphatic carbocycles. The number of thiazole rings is 1. The van der Waals surface area contributed by atoms with Crippen molar-refractivity contribution in [1.29, 1.82) is 0 Å². The van der Waals surface area contributed by atoms with Gasteiger partial charge in [0, 0.05) is 42.0 Å². The lowest BCUT2D eigenvalue weighted by molar-refractivity contribution is -0.0210. The van der Waals surface area contributed by atoms with E-state index in [4.69, 9.17) is 11.6 Å². The van der Waals surface area contributed by atoms with E-state index in [2.05, 4.69) is 21.1 Å². The van der Waals surface area contributed by atoms with E-state index in [-0.39, 0.29) is 5.91 Å². The van der Waals surface area contributed by atoms with Gasteiger partial charge in [-0.15, -0.1) is 0 Å². The predicted molar refractivity (Wildman–Crippen MR) is 146 cm³/mol. The van der Waals surface area contributed by atoms with Crippen LogP contribution in [0.5, 0.6) is 0 Å². The molecule has 1 fully saturated rings. The van der Waals surface area contributed by atoms with Gasteiger partial charge in [-0.2, -0.15) is 0 Å². The molecule has 0 spiro atoms. The highest BCUT2D eigenvalue weighted by Crippen LogP contribution is 2.37. The first kappa shape index (κ1) is 23.9. The average molecular weight is 525 g/mol. The van der Waals surface area contributed by atoms with Gasteiger partial charge in [-0.3, -0.25) is 4.79 Å². The van der Waals surface area contributed by atoms with Crippen molar-refractivity contribution in [3.05, 3.63) is 82.9 Å². The Labute approximate surface area is 217 Å². The van der Waals surface area contributed by atoms with Crippen LogP contribution in [0.15, 0.2) is 71.6 Å². The van der Waals surface area contributed by atoms with Gasteiger partial charge in [0.15, 0.2) is 5.13 Å². The normalized spacial score (nSPS) is 15.2. The molecule has 5 rings (SSSR count). The molecule has 6 nitrogen and oxygen atoms in total. The first-order valence-corrected chi connectivity index (χ1v) is 13.3. The zero-order chi connectivity index (χ0) is 24.4. The Morgan fingerprint density at radius 2 is 1.83 bits per heavy atom. The number of carbonyl (C=O) groups is 1. The molecule has 180 valence electrons. The molecule has 1 saturated heterocycles. The van der Waals surface area contributed by atoms with Gasteiger partial charge in [0.1, 0.15) is 0 Å². The van der Waals surface area contributed by atoms with Crippen LogP contribution in [-0.2, 0) is 5.60 Å². The monoisotopic (exact) mass is 524 g/mol. The van der Waals surface area contributed by atoms with Crippen LogP contribution in [0.2, 0.25) is 5.02 Å². The SMILES string of the molecule is CNc1nc2c(SNc3ccc(C(=O)N4CCC(O)(c5ccccc5Cl)CC4)cc3)cccc2s1. The average Bonchev–Trinajstić information content (AvgIpc) is 3.32. The number of hydrogen-bond acceptors (Lipinski definition) is 7. The summed E-state index contributed by atoms with van der Waals surface area (Å²) in [5.41, 5.74) is 2.22. The number of aromatic nitrogens is 1. The lowest BCUT2D eigenvalue weighted by atomic mass is 9.84. The van der Waals surface area contributed by atoms with Gasteiger partial charge in [-0.25, -0.2) is 4.98 Å². The number of benzene rings is 3. The summed E-state index contributed by atoms with van der Waals surface area (Å²) in [7, 11) is 1.87. The van der Waals surface area contributed by atoms with Gasteiger partial charge in [0.2, 0.25) is 0 Å². The topological polar surface area (TPSA) is 77.5 Å². The van der Waals surface area contributed by atoms with Crippen LogP contribution < -0.4 is 10.0 Å².